The highest BCUT2D eigenvalue weighted by Crippen LogP contribution is 2.39. The van der Waals surface area contributed by atoms with Gasteiger partial charge in [-0.3, -0.25) is 9.59 Å². The van der Waals surface area contributed by atoms with Gasteiger partial charge >= 0.3 is 11.9 Å². The molecule has 0 bridgehead atoms. The molecule has 1 aromatic carbocycles. The zero-order valence-electron chi connectivity index (χ0n) is 17.6. The highest BCUT2D eigenvalue weighted by atomic mass is 19.1. The fourth-order valence-corrected chi connectivity index (χ4v) is 3.31. The number of esters is 2. The van der Waals surface area contributed by atoms with Crippen LogP contribution in [0.25, 0.3) is 10.9 Å². The average Bonchev–Trinajstić information content (AvgIpc) is 3.49. The van der Waals surface area contributed by atoms with E-state index in [-0.39, 0.29) is 29.1 Å². The van der Waals surface area contributed by atoms with Gasteiger partial charge in [0.2, 0.25) is 5.43 Å². The van der Waals surface area contributed by atoms with Crippen molar-refractivity contribution < 1.29 is 27.8 Å². The number of nitriles is 1. The smallest absolute Gasteiger partial charge is 0.343 e. The Hall–Kier alpha value is -3.28. The summed E-state index contributed by atoms with van der Waals surface area (Å²) in [6, 6.07) is 2.15. The number of pyridine rings is 1. The van der Waals surface area contributed by atoms with E-state index in [4.69, 9.17) is 9.47 Å². The van der Waals surface area contributed by atoms with Gasteiger partial charge in [0, 0.05) is 12.2 Å². The van der Waals surface area contributed by atoms with Crippen LogP contribution in [0, 0.1) is 23.0 Å². The highest BCUT2D eigenvalue weighted by molar-refractivity contribution is 5.95. The van der Waals surface area contributed by atoms with Crippen LogP contribution in [-0.2, 0) is 14.3 Å². The van der Waals surface area contributed by atoms with Gasteiger partial charge in [-0.1, -0.05) is 0 Å². The summed E-state index contributed by atoms with van der Waals surface area (Å²) < 4.78 is 42.0. The summed E-state index contributed by atoms with van der Waals surface area (Å²) in [4.78, 5) is 37.4. The first kappa shape index (κ1) is 22.4. The maximum atomic E-state index is 15.6. The van der Waals surface area contributed by atoms with Crippen molar-refractivity contribution in [3.8, 4) is 6.07 Å². The van der Waals surface area contributed by atoms with Crippen LogP contribution in [0.5, 0.6) is 0 Å². The van der Waals surface area contributed by atoms with E-state index in [0.29, 0.717) is 12.8 Å². The molecule has 3 rings (SSSR count). The summed E-state index contributed by atoms with van der Waals surface area (Å²) in [7, 11) is 0. The minimum Gasteiger partial charge on any atom is -0.462 e. The molecule has 7 nitrogen and oxygen atoms in total. The van der Waals surface area contributed by atoms with Crippen LogP contribution in [-0.4, -0.2) is 28.7 Å². The predicted molar refractivity (Wildman–Crippen MR) is 107 cm³/mol. The zero-order valence-corrected chi connectivity index (χ0v) is 17.6. The molecule has 1 aromatic heterocycles. The van der Waals surface area contributed by atoms with Crippen LogP contribution in [0.2, 0.25) is 0 Å². The average molecular weight is 432 g/mol. The number of carbonyl (C=O) groups is 2. The van der Waals surface area contributed by atoms with E-state index >= 15 is 4.39 Å². The SMILES string of the molecule is CCOC(=O)c1cn(C2CC2)c2c(F)c(C(C#N)C(=O)OC(C)(C)C)c(F)cc2c1=O. The van der Waals surface area contributed by atoms with E-state index in [0.717, 1.165) is 6.07 Å². The second-order valence-corrected chi connectivity index (χ2v) is 8.31. The van der Waals surface area contributed by atoms with Crippen molar-refractivity contribution in [2.24, 2.45) is 0 Å². The summed E-state index contributed by atoms with van der Waals surface area (Å²) in [6.45, 7) is 6.29. The number of halogens is 2. The molecule has 1 aliphatic carbocycles. The molecule has 9 heteroatoms. The van der Waals surface area contributed by atoms with Crippen molar-refractivity contribution in [2.45, 2.75) is 58.1 Å². The molecule has 1 atom stereocenters. The van der Waals surface area contributed by atoms with Gasteiger partial charge in [-0.15, -0.1) is 0 Å². The van der Waals surface area contributed by atoms with Crippen LogP contribution in [0.1, 0.15) is 68.4 Å². The Labute approximate surface area is 177 Å². The lowest BCUT2D eigenvalue weighted by Crippen LogP contribution is -2.28. The topological polar surface area (TPSA) is 98.4 Å². The van der Waals surface area contributed by atoms with Gasteiger partial charge in [0.15, 0.2) is 11.7 Å². The number of ether oxygens (including phenoxy) is 2. The van der Waals surface area contributed by atoms with Crippen LogP contribution >= 0.6 is 0 Å². The third-order valence-electron chi connectivity index (χ3n) is 4.74. The quantitative estimate of drug-likeness (QED) is 0.668. The lowest BCUT2D eigenvalue weighted by atomic mass is 9.96. The number of nitrogens with zero attached hydrogens (tertiary/aromatic N) is 2. The zero-order chi connectivity index (χ0) is 23.1. The van der Waals surface area contributed by atoms with Crippen LogP contribution < -0.4 is 5.43 Å². The number of fused-ring (bicyclic) bond motifs is 1. The van der Waals surface area contributed by atoms with Gasteiger partial charge in [-0.2, -0.15) is 5.26 Å². The van der Waals surface area contributed by atoms with E-state index in [1.807, 2.05) is 0 Å². The lowest BCUT2D eigenvalue weighted by Gasteiger charge is -2.22. The second-order valence-electron chi connectivity index (χ2n) is 8.31. The molecule has 0 radical (unpaired) electrons. The number of aromatic nitrogens is 1. The van der Waals surface area contributed by atoms with E-state index in [1.165, 1.54) is 10.8 Å². The third-order valence-corrected chi connectivity index (χ3v) is 4.74. The summed E-state index contributed by atoms with van der Waals surface area (Å²) in [5.74, 6) is -6.31. The Morgan fingerprint density at radius 3 is 2.48 bits per heavy atom. The van der Waals surface area contributed by atoms with Gasteiger partial charge in [0.25, 0.3) is 0 Å². The molecule has 0 aliphatic heterocycles. The second kappa shape index (κ2) is 8.10. The third kappa shape index (κ3) is 4.29. The molecule has 0 spiro atoms. The van der Waals surface area contributed by atoms with Crippen molar-refractivity contribution in [3.63, 3.8) is 0 Å². The Morgan fingerprint density at radius 2 is 1.97 bits per heavy atom. The Balaban J connectivity index is 2.28. The van der Waals surface area contributed by atoms with Crippen molar-refractivity contribution >= 4 is 22.8 Å². The first-order chi connectivity index (χ1) is 14.5. The number of carbonyl (C=O) groups excluding carboxylic acids is 2. The molecule has 1 heterocycles. The first-order valence-electron chi connectivity index (χ1n) is 9.86. The molecule has 1 fully saturated rings. The van der Waals surface area contributed by atoms with Gasteiger partial charge in [0.05, 0.1) is 29.1 Å². The number of hydrogen-bond acceptors (Lipinski definition) is 6. The van der Waals surface area contributed by atoms with Gasteiger partial charge < -0.3 is 14.0 Å². The van der Waals surface area contributed by atoms with E-state index in [2.05, 4.69) is 0 Å². The molecule has 1 unspecified atom stereocenters. The molecule has 0 saturated heterocycles. The molecule has 164 valence electrons. The number of benzene rings is 1. The van der Waals surface area contributed by atoms with E-state index in [1.54, 1.807) is 33.8 Å². The van der Waals surface area contributed by atoms with E-state index in [9.17, 15) is 24.0 Å². The van der Waals surface area contributed by atoms with Gasteiger partial charge in [-0.25, -0.2) is 13.6 Å². The maximum absolute atomic E-state index is 15.6. The van der Waals surface area contributed by atoms with Crippen molar-refractivity contribution in [1.29, 1.82) is 5.26 Å². The predicted octanol–water partition coefficient (Wildman–Crippen LogP) is 3.74. The molecule has 1 aliphatic rings. The molecule has 2 aromatic rings. The Bertz CT molecular complexity index is 1170. The fourth-order valence-electron chi connectivity index (χ4n) is 3.31. The minimum absolute atomic E-state index is 0.0289. The Kier molecular flexibility index (Phi) is 5.85. The largest absolute Gasteiger partial charge is 0.462 e. The molecule has 0 amide bonds. The molecular formula is C22H22F2N2O5. The number of hydrogen-bond donors (Lipinski definition) is 0. The minimum atomic E-state index is -1.86. The van der Waals surface area contributed by atoms with Crippen LogP contribution in [0.4, 0.5) is 8.78 Å². The van der Waals surface area contributed by atoms with Crippen molar-refractivity contribution in [3.05, 3.63) is 45.2 Å². The molecular weight excluding hydrogens is 410 g/mol. The monoisotopic (exact) mass is 432 g/mol. The normalized spacial score (nSPS) is 14.7. The highest BCUT2D eigenvalue weighted by Gasteiger charge is 2.35. The van der Waals surface area contributed by atoms with Gasteiger partial charge in [-0.05, 0) is 46.6 Å². The summed E-state index contributed by atoms with van der Waals surface area (Å²) in [6.07, 6.45) is 2.53. The standard InChI is InChI=1S/C22H22F2N2O5/c1-5-30-20(28)14-10-26(11-6-7-11)18-12(19(14)27)8-15(23)16(17(18)24)13(9-25)21(29)31-22(2,3)4/h8,10-11,13H,5-7H2,1-4H3. The molecule has 1 saturated carbocycles. The molecule has 0 N–H and O–H groups in total. The lowest BCUT2D eigenvalue weighted by molar-refractivity contribution is -0.155. The summed E-state index contributed by atoms with van der Waals surface area (Å²) in [5.41, 5.74) is -3.25. The number of rotatable bonds is 5. The summed E-state index contributed by atoms with van der Waals surface area (Å²) in [5, 5.41) is 9.11. The van der Waals surface area contributed by atoms with Crippen LogP contribution in [0.3, 0.4) is 0 Å². The van der Waals surface area contributed by atoms with Crippen LogP contribution in [0.15, 0.2) is 17.1 Å². The van der Waals surface area contributed by atoms with E-state index < -0.39 is 46.1 Å². The Morgan fingerprint density at radius 1 is 1.32 bits per heavy atom. The fraction of sp³-hybridized carbons (Fsp3) is 0.455. The first-order valence-corrected chi connectivity index (χ1v) is 9.86. The van der Waals surface area contributed by atoms with Gasteiger partial charge in [0.1, 0.15) is 17.0 Å². The van der Waals surface area contributed by atoms with Crippen molar-refractivity contribution in [1.82, 2.24) is 4.57 Å². The summed E-state index contributed by atoms with van der Waals surface area (Å²) >= 11 is 0. The maximum Gasteiger partial charge on any atom is 0.343 e. The molecule has 31 heavy (non-hydrogen) atoms. The van der Waals surface area contributed by atoms with Crippen molar-refractivity contribution in [2.75, 3.05) is 6.61 Å².